The summed E-state index contributed by atoms with van der Waals surface area (Å²) in [6.07, 6.45) is 0. The summed E-state index contributed by atoms with van der Waals surface area (Å²) in [7, 11) is -4.31. The normalized spacial score (nSPS) is 11.3. The van der Waals surface area contributed by atoms with Crippen molar-refractivity contribution in [3.63, 3.8) is 0 Å². The summed E-state index contributed by atoms with van der Waals surface area (Å²) >= 11 is 11.5. The molecule has 0 N–H and O–H groups in total. The number of halogens is 2. The molecule has 2 aromatic carbocycles. The van der Waals surface area contributed by atoms with Gasteiger partial charge >= 0.3 is 0 Å². The van der Waals surface area contributed by atoms with E-state index in [2.05, 4.69) is 0 Å². The first-order valence-electron chi connectivity index (χ1n) is 6.65. The van der Waals surface area contributed by atoms with Crippen molar-refractivity contribution >= 4 is 44.4 Å². The minimum Gasteiger partial charge on any atom is -0.258 e. The van der Waals surface area contributed by atoms with Crippen LogP contribution < -0.4 is 0 Å². The zero-order valence-corrected chi connectivity index (χ0v) is 14.7. The van der Waals surface area contributed by atoms with Crippen molar-refractivity contribution in [3.05, 3.63) is 67.8 Å². The second kappa shape index (κ2) is 7.34. The first-order valence-corrected chi connectivity index (χ1v) is 9.20. The van der Waals surface area contributed by atoms with Crippen LogP contribution >= 0.6 is 23.2 Å². The zero-order chi connectivity index (χ0) is 18.8. The molecule has 0 spiro atoms. The maximum Gasteiger partial charge on any atom is 0.275 e. The standard InChI is InChI=1S/C14H10Cl2N2O6S/c15-7-9-11(17(19)20)3-1-5-13(9)25(23,24)14-6-2-4-12(18(21)22)10(14)8-16/h1-6H,7-8H2. The molecule has 0 amide bonds. The van der Waals surface area contributed by atoms with Gasteiger partial charge in [-0.15, -0.1) is 23.2 Å². The van der Waals surface area contributed by atoms with E-state index in [1.165, 1.54) is 12.1 Å². The van der Waals surface area contributed by atoms with Crippen LogP contribution in [0.5, 0.6) is 0 Å². The molecule has 0 aromatic heterocycles. The van der Waals surface area contributed by atoms with Crippen molar-refractivity contribution in [2.75, 3.05) is 0 Å². The Kier molecular flexibility index (Phi) is 5.61. The van der Waals surface area contributed by atoms with Gasteiger partial charge in [-0.3, -0.25) is 20.2 Å². The molecule has 0 bridgehead atoms. The molecule has 25 heavy (non-hydrogen) atoms. The van der Waals surface area contributed by atoms with E-state index >= 15 is 0 Å². The zero-order valence-electron chi connectivity index (χ0n) is 12.4. The average molecular weight is 405 g/mol. The maximum atomic E-state index is 13.0. The topological polar surface area (TPSA) is 120 Å². The molecule has 0 fully saturated rings. The third-order valence-electron chi connectivity index (χ3n) is 3.46. The van der Waals surface area contributed by atoms with Crippen LogP contribution in [-0.2, 0) is 21.6 Å². The lowest BCUT2D eigenvalue weighted by Crippen LogP contribution is -2.10. The summed E-state index contributed by atoms with van der Waals surface area (Å²) in [5.41, 5.74) is -1.29. The molecule has 0 radical (unpaired) electrons. The van der Waals surface area contributed by atoms with Crippen LogP contribution in [0.1, 0.15) is 11.1 Å². The predicted octanol–water partition coefficient (Wildman–Crippen LogP) is 3.81. The predicted molar refractivity (Wildman–Crippen MR) is 90.8 cm³/mol. The number of nitrogens with zero attached hydrogens (tertiary/aromatic N) is 2. The Balaban J connectivity index is 2.82. The molecule has 0 aliphatic carbocycles. The molecule has 0 aliphatic rings. The van der Waals surface area contributed by atoms with E-state index in [9.17, 15) is 28.6 Å². The molecule has 8 nitrogen and oxygen atoms in total. The van der Waals surface area contributed by atoms with Gasteiger partial charge in [-0.05, 0) is 12.1 Å². The van der Waals surface area contributed by atoms with Crippen LogP contribution in [0.15, 0.2) is 46.2 Å². The Hall–Kier alpha value is -2.23. The van der Waals surface area contributed by atoms with Gasteiger partial charge < -0.3 is 0 Å². The van der Waals surface area contributed by atoms with Gasteiger partial charge in [-0.1, -0.05) is 12.1 Å². The quantitative estimate of drug-likeness (QED) is 0.409. The Bertz CT molecular complexity index is 890. The SMILES string of the molecule is O=[N+]([O-])c1cccc(S(=O)(=O)c2cccc([N+](=O)[O-])c2CCl)c1CCl. The van der Waals surface area contributed by atoms with E-state index in [4.69, 9.17) is 23.2 Å². The summed E-state index contributed by atoms with van der Waals surface area (Å²) in [6.45, 7) is 0. The van der Waals surface area contributed by atoms with Crippen LogP contribution in [0.4, 0.5) is 11.4 Å². The molecule has 0 saturated carbocycles. The Morgan fingerprint density at radius 3 is 1.44 bits per heavy atom. The summed E-state index contributed by atoms with van der Waals surface area (Å²) in [4.78, 5) is 20.0. The molecule has 0 heterocycles. The van der Waals surface area contributed by atoms with Gasteiger partial charge in [0.2, 0.25) is 9.84 Å². The van der Waals surface area contributed by atoms with Gasteiger partial charge in [0.15, 0.2) is 0 Å². The van der Waals surface area contributed by atoms with Gasteiger partial charge in [-0.25, -0.2) is 8.42 Å². The number of nitro benzene ring substituents is 2. The molecular weight excluding hydrogens is 395 g/mol. The van der Waals surface area contributed by atoms with Crippen LogP contribution in [0.2, 0.25) is 0 Å². The maximum absolute atomic E-state index is 13.0. The number of alkyl halides is 2. The van der Waals surface area contributed by atoms with E-state index in [-0.39, 0.29) is 20.9 Å². The molecule has 0 saturated heterocycles. The summed E-state index contributed by atoms with van der Waals surface area (Å²) < 4.78 is 26.0. The molecule has 11 heteroatoms. The number of nitro groups is 2. The van der Waals surface area contributed by atoms with E-state index in [1.807, 2.05) is 0 Å². The number of sulfone groups is 1. The molecule has 132 valence electrons. The fraction of sp³-hybridized carbons (Fsp3) is 0.143. The second-order valence-corrected chi connectivity index (χ2v) is 7.21. The highest BCUT2D eigenvalue weighted by atomic mass is 35.5. The molecule has 2 rings (SSSR count). The Morgan fingerprint density at radius 1 is 0.800 bits per heavy atom. The summed E-state index contributed by atoms with van der Waals surface area (Å²) in [5, 5.41) is 22.2. The van der Waals surface area contributed by atoms with Crippen LogP contribution in [0, 0.1) is 20.2 Å². The number of hydrogen-bond acceptors (Lipinski definition) is 6. The van der Waals surface area contributed by atoms with E-state index in [0.29, 0.717) is 0 Å². The minimum atomic E-state index is -4.31. The highest BCUT2D eigenvalue weighted by Crippen LogP contribution is 2.35. The monoisotopic (exact) mass is 404 g/mol. The molecular formula is C14H10Cl2N2O6S. The van der Waals surface area contributed by atoms with Crippen molar-refractivity contribution in [1.29, 1.82) is 0 Å². The fourth-order valence-electron chi connectivity index (χ4n) is 2.34. The first kappa shape index (κ1) is 19.1. The van der Waals surface area contributed by atoms with Crippen LogP contribution in [-0.4, -0.2) is 18.3 Å². The van der Waals surface area contributed by atoms with Gasteiger partial charge in [0, 0.05) is 12.1 Å². The largest absolute Gasteiger partial charge is 0.275 e. The van der Waals surface area contributed by atoms with Gasteiger partial charge in [-0.2, -0.15) is 0 Å². The third-order valence-corrected chi connectivity index (χ3v) is 5.91. The summed E-state index contributed by atoms with van der Waals surface area (Å²) in [5.74, 6) is -0.840. The minimum absolute atomic E-state index is 0.193. The smallest absolute Gasteiger partial charge is 0.258 e. The number of rotatable bonds is 6. The van der Waals surface area contributed by atoms with E-state index < -0.39 is 42.8 Å². The lowest BCUT2D eigenvalue weighted by Gasteiger charge is -2.12. The van der Waals surface area contributed by atoms with Gasteiger partial charge in [0.25, 0.3) is 11.4 Å². The van der Waals surface area contributed by atoms with E-state index in [0.717, 1.165) is 24.3 Å². The second-order valence-electron chi connectivity index (χ2n) is 4.79. The third kappa shape index (κ3) is 3.44. The lowest BCUT2D eigenvalue weighted by atomic mass is 10.2. The molecule has 2 aromatic rings. The summed E-state index contributed by atoms with van der Waals surface area (Å²) in [6, 6.07) is 7.00. The Labute approximate surface area is 152 Å². The highest BCUT2D eigenvalue weighted by molar-refractivity contribution is 7.91. The van der Waals surface area contributed by atoms with Crippen molar-refractivity contribution in [1.82, 2.24) is 0 Å². The highest BCUT2D eigenvalue weighted by Gasteiger charge is 2.31. The molecule has 0 atom stereocenters. The molecule has 0 aliphatic heterocycles. The van der Waals surface area contributed by atoms with Crippen LogP contribution in [0.25, 0.3) is 0 Å². The van der Waals surface area contributed by atoms with Crippen molar-refractivity contribution in [2.45, 2.75) is 21.6 Å². The fourth-order valence-corrected chi connectivity index (χ4v) is 4.82. The molecule has 0 unspecified atom stereocenters. The first-order chi connectivity index (χ1) is 11.8. The number of benzene rings is 2. The van der Waals surface area contributed by atoms with Crippen LogP contribution in [0.3, 0.4) is 0 Å². The Morgan fingerprint density at radius 2 is 1.16 bits per heavy atom. The van der Waals surface area contributed by atoms with E-state index in [1.54, 1.807) is 0 Å². The van der Waals surface area contributed by atoms with Crippen molar-refractivity contribution in [3.8, 4) is 0 Å². The lowest BCUT2D eigenvalue weighted by molar-refractivity contribution is -0.385. The van der Waals surface area contributed by atoms with Gasteiger partial charge in [0.05, 0.1) is 42.5 Å². The van der Waals surface area contributed by atoms with Gasteiger partial charge in [0.1, 0.15) is 0 Å². The van der Waals surface area contributed by atoms with Crippen molar-refractivity contribution < 1.29 is 18.3 Å². The number of hydrogen-bond donors (Lipinski definition) is 0. The average Bonchev–Trinajstić information content (AvgIpc) is 2.59. The van der Waals surface area contributed by atoms with Crippen molar-refractivity contribution in [2.24, 2.45) is 0 Å².